The Hall–Kier alpha value is -1.11. The van der Waals surface area contributed by atoms with Gasteiger partial charge in [-0.15, -0.1) is 0 Å². The van der Waals surface area contributed by atoms with Crippen LogP contribution in [0.25, 0.3) is 0 Å². The van der Waals surface area contributed by atoms with Crippen molar-refractivity contribution < 1.29 is 18.1 Å². The molecule has 0 radical (unpaired) electrons. The fourth-order valence-electron chi connectivity index (χ4n) is 2.65. The molecule has 0 bridgehead atoms. The summed E-state index contributed by atoms with van der Waals surface area (Å²) in [6.45, 7) is 10.5. The van der Waals surface area contributed by atoms with E-state index >= 15 is 0 Å². The molecule has 0 aromatic heterocycles. The quantitative estimate of drug-likeness (QED) is 0.851. The van der Waals surface area contributed by atoms with Crippen LogP contribution in [0.2, 0.25) is 0 Å². The van der Waals surface area contributed by atoms with Crippen LogP contribution in [0.1, 0.15) is 19.4 Å². The molecule has 1 saturated heterocycles. The number of hydrogen-bond acceptors (Lipinski definition) is 3. The number of piperazine rings is 1. The van der Waals surface area contributed by atoms with Crippen LogP contribution in [0.4, 0.5) is 0 Å². The van der Waals surface area contributed by atoms with E-state index in [1.807, 2.05) is 13.8 Å². The normalized spacial score (nSPS) is 17.9. The first-order valence-electron chi connectivity index (χ1n) is 7.56. The van der Waals surface area contributed by atoms with E-state index < -0.39 is 10.0 Å². The molecule has 1 N–H and O–H groups in total. The smallest absolute Gasteiger partial charge is 0.243 e. The number of ether oxygens (including phenoxy) is 1. The molecule has 0 saturated carbocycles. The first kappa shape index (κ1) is 16.3. The maximum Gasteiger partial charge on any atom is 0.243 e. The third-order valence-corrected chi connectivity index (χ3v) is 5.91. The first-order chi connectivity index (χ1) is 9.98. The molecule has 0 spiro atoms. The van der Waals surface area contributed by atoms with Gasteiger partial charge >= 0.3 is 0 Å². The number of quaternary nitrogens is 1. The maximum atomic E-state index is 12.7. The van der Waals surface area contributed by atoms with Gasteiger partial charge in [-0.1, -0.05) is 0 Å². The summed E-state index contributed by atoms with van der Waals surface area (Å²) in [7, 11) is -3.38. The van der Waals surface area contributed by atoms with E-state index in [2.05, 4.69) is 6.92 Å². The standard InChI is InChI=1S/C15H24N2O3S/c1-4-16-8-10-17(11-9-16)21(18,19)14-6-7-15(20-5-2)13(3)12-14/h6-7,12H,4-5,8-11H2,1-3H3/p+1. The number of likely N-dealkylation sites (N-methyl/N-ethyl adjacent to an activating group) is 1. The van der Waals surface area contributed by atoms with Gasteiger partial charge in [0.1, 0.15) is 5.75 Å². The highest BCUT2D eigenvalue weighted by atomic mass is 32.2. The van der Waals surface area contributed by atoms with Crippen molar-refractivity contribution in [2.75, 3.05) is 39.3 Å². The Kier molecular flexibility index (Phi) is 5.24. The van der Waals surface area contributed by atoms with Gasteiger partial charge in [0.15, 0.2) is 0 Å². The van der Waals surface area contributed by atoms with E-state index in [9.17, 15) is 8.42 Å². The van der Waals surface area contributed by atoms with E-state index in [4.69, 9.17) is 4.74 Å². The molecule has 0 aliphatic carbocycles. The Labute approximate surface area is 127 Å². The summed E-state index contributed by atoms with van der Waals surface area (Å²) in [5, 5.41) is 0. The van der Waals surface area contributed by atoms with Gasteiger partial charge in [0.2, 0.25) is 10.0 Å². The van der Waals surface area contributed by atoms with Crippen LogP contribution in [0.3, 0.4) is 0 Å². The zero-order chi connectivity index (χ0) is 15.5. The van der Waals surface area contributed by atoms with Crippen molar-refractivity contribution in [3.8, 4) is 5.75 Å². The SMILES string of the molecule is CCOc1ccc(S(=O)(=O)N2CC[NH+](CC)CC2)cc1C. The molecule has 0 amide bonds. The second kappa shape index (κ2) is 6.77. The molecule has 1 aromatic carbocycles. The van der Waals surface area contributed by atoms with Crippen LogP contribution in [0, 0.1) is 6.92 Å². The van der Waals surface area contributed by atoms with Gasteiger partial charge < -0.3 is 9.64 Å². The van der Waals surface area contributed by atoms with E-state index in [-0.39, 0.29) is 0 Å². The third-order valence-electron chi connectivity index (χ3n) is 4.01. The van der Waals surface area contributed by atoms with Crippen LogP contribution in [-0.4, -0.2) is 52.1 Å². The lowest BCUT2D eigenvalue weighted by Gasteiger charge is -2.31. The third kappa shape index (κ3) is 3.56. The minimum Gasteiger partial charge on any atom is -0.494 e. The molecule has 1 aliphatic heterocycles. The number of nitrogens with one attached hydrogen (secondary N) is 1. The van der Waals surface area contributed by atoms with Crippen LogP contribution in [-0.2, 0) is 10.0 Å². The zero-order valence-electron chi connectivity index (χ0n) is 13.1. The number of aryl methyl sites for hydroxylation is 1. The van der Waals surface area contributed by atoms with Gasteiger partial charge in [-0.2, -0.15) is 4.31 Å². The number of hydrogen-bond donors (Lipinski definition) is 1. The molecule has 1 fully saturated rings. The van der Waals surface area contributed by atoms with E-state index in [1.54, 1.807) is 22.5 Å². The van der Waals surface area contributed by atoms with Crippen LogP contribution in [0.15, 0.2) is 23.1 Å². The predicted molar refractivity (Wildman–Crippen MR) is 82.3 cm³/mol. The lowest BCUT2D eigenvalue weighted by Crippen LogP contribution is -3.14. The molecule has 0 unspecified atom stereocenters. The lowest BCUT2D eigenvalue weighted by molar-refractivity contribution is -0.901. The molecule has 1 aliphatic rings. The molecule has 118 valence electrons. The summed E-state index contributed by atoms with van der Waals surface area (Å²) in [4.78, 5) is 1.83. The van der Waals surface area contributed by atoms with Crippen molar-refractivity contribution in [1.29, 1.82) is 0 Å². The predicted octanol–water partition coefficient (Wildman–Crippen LogP) is 0.303. The van der Waals surface area contributed by atoms with Crippen molar-refractivity contribution in [1.82, 2.24) is 4.31 Å². The summed E-state index contributed by atoms with van der Waals surface area (Å²) < 4.78 is 32.4. The average molecular weight is 313 g/mol. The van der Waals surface area contributed by atoms with E-state index in [0.29, 0.717) is 24.6 Å². The van der Waals surface area contributed by atoms with Crippen LogP contribution >= 0.6 is 0 Å². The minimum atomic E-state index is -3.38. The van der Waals surface area contributed by atoms with Gasteiger partial charge in [-0.25, -0.2) is 8.42 Å². The molecule has 5 nitrogen and oxygen atoms in total. The Morgan fingerprint density at radius 2 is 1.90 bits per heavy atom. The van der Waals surface area contributed by atoms with Crippen LogP contribution in [0.5, 0.6) is 5.75 Å². The van der Waals surface area contributed by atoms with Gasteiger partial charge in [0.05, 0.1) is 44.2 Å². The second-order valence-corrected chi connectivity index (χ2v) is 7.31. The molecule has 2 rings (SSSR count). The highest BCUT2D eigenvalue weighted by Crippen LogP contribution is 2.24. The molecule has 1 aromatic rings. The summed E-state index contributed by atoms with van der Waals surface area (Å²) in [5.74, 6) is 0.747. The highest BCUT2D eigenvalue weighted by molar-refractivity contribution is 7.89. The second-order valence-electron chi connectivity index (χ2n) is 5.37. The monoisotopic (exact) mass is 313 g/mol. The molecule has 6 heteroatoms. The fourth-order valence-corrected chi connectivity index (χ4v) is 4.17. The zero-order valence-corrected chi connectivity index (χ0v) is 13.9. The van der Waals surface area contributed by atoms with Crippen molar-refractivity contribution >= 4 is 10.0 Å². The fraction of sp³-hybridized carbons (Fsp3) is 0.600. The number of sulfonamides is 1. The number of benzene rings is 1. The molecule has 1 heterocycles. The Morgan fingerprint density at radius 3 is 2.43 bits per heavy atom. The van der Waals surface area contributed by atoms with E-state index in [1.165, 1.54) is 4.90 Å². The summed E-state index contributed by atoms with van der Waals surface area (Å²) in [6, 6.07) is 5.10. The van der Waals surface area contributed by atoms with Crippen molar-refractivity contribution in [2.45, 2.75) is 25.7 Å². The van der Waals surface area contributed by atoms with Gasteiger partial charge in [0, 0.05) is 0 Å². The number of nitrogens with zero attached hydrogens (tertiary/aromatic N) is 1. The maximum absolute atomic E-state index is 12.7. The Morgan fingerprint density at radius 1 is 1.24 bits per heavy atom. The molecule has 0 atom stereocenters. The Bertz CT molecular complexity index is 579. The van der Waals surface area contributed by atoms with Gasteiger partial charge in [-0.3, -0.25) is 0 Å². The topological polar surface area (TPSA) is 51.1 Å². The summed E-state index contributed by atoms with van der Waals surface area (Å²) in [5.41, 5.74) is 0.857. The van der Waals surface area contributed by atoms with Crippen molar-refractivity contribution in [3.63, 3.8) is 0 Å². The van der Waals surface area contributed by atoms with E-state index in [0.717, 1.165) is 30.9 Å². The molecular formula is C15H25N2O3S+. The summed E-state index contributed by atoms with van der Waals surface area (Å²) >= 11 is 0. The Balaban J connectivity index is 2.18. The average Bonchev–Trinajstić information content (AvgIpc) is 2.49. The van der Waals surface area contributed by atoms with Crippen molar-refractivity contribution in [3.05, 3.63) is 23.8 Å². The largest absolute Gasteiger partial charge is 0.494 e. The van der Waals surface area contributed by atoms with Gasteiger partial charge in [0.25, 0.3) is 0 Å². The van der Waals surface area contributed by atoms with Gasteiger partial charge in [-0.05, 0) is 44.5 Å². The minimum absolute atomic E-state index is 0.364. The van der Waals surface area contributed by atoms with Crippen LogP contribution < -0.4 is 9.64 Å². The lowest BCUT2D eigenvalue weighted by atomic mass is 10.2. The molecular weight excluding hydrogens is 288 g/mol. The van der Waals surface area contributed by atoms with Crippen molar-refractivity contribution in [2.24, 2.45) is 0 Å². The molecule has 21 heavy (non-hydrogen) atoms. The first-order valence-corrected chi connectivity index (χ1v) is 9.00. The number of rotatable bonds is 5. The summed E-state index contributed by atoms with van der Waals surface area (Å²) in [6.07, 6.45) is 0. The highest BCUT2D eigenvalue weighted by Gasteiger charge is 2.30.